The third-order valence-corrected chi connectivity index (χ3v) is 8.92. The molecule has 2 saturated carbocycles. The number of carboxylic acids is 1. The molecule has 0 unspecified atom stereocenters. The van der Waals surface area contributed by atoms with Gasteiger partial charge in [-0.25, -0.2) is 4.39 Å². The molecule has 1 aromatic carbocycles. The molecule has 1 heterocycles. The summed E-state index contributed by atoms with van der Waals surface area (Å²) >= 11 is 12.1. The van der Waals surface area contributed by atoms with Crippen molar-refractivity contribution in [1.29, 1.82) is 0 Å². The van der Waals surface area contributed by atoms with Crippen molar-refractivity contribution < 1.29 is 37.1 Å². The number of Topliss-reactive ketones (excluding diaryl/α,β-unsaturated/α-hetero) is 1. The Morgan fingerprint density at radius 1 is 1.07 bits per heavy atom. The molecular weight excluding hydrogens is 589 g/mol. The first-order chi connectivity index (χ1) is 19.2. The predicted octanol–water partition coefficient (Wildman–Crippen LogP) is 7.46. The van der Waals surface area contributed by atoms with Gasteiger partial charge >= 0.3 is 12.1 Å². The van der Waals surface area contributed by atoms with Gasteiger partial charge in [-0.15, -0.1) is 0 Å². The van der Waals surface area contributed by atoms with Crippen molar-refractivity contribution >= 4 is 40.9 Å². The van der Waals surface area contributed by atoms with E-state index in [2.05, 4.69) is 5.10 Å². The lowest BCUT2D eigenvalue weighted by molar-refractivity contribution is -0.152. The van der Waals surface area contributed by atoms with Gasteiger partial charge in [0.2, 0.25) is 0 Å². The van der Waals surface area contributed by atoms with Crippen molar-refractivity contribution in [3.05, 3.63) is 51.0 Å². The Bertz CT molecular complexity index is 1290. The lowest BCUT2D eigenvalue weighted by Crippen LogP contribution is -2.40. The SMILES string of the molecule is C[C@]1(C(=O)O)CC[C@H](n2ncc(C(=O)N(CC(=O)c3c(Cl)cc(F)cc3Cl)CC3CCCCC3)c2C(F)(F)F)CC1. The Morgan fingerprint density at radius 2 is 1.66 bits per heavy atom. The van der Waals surface area contributed by atoms with Gasteiger partial charge in [-0.3, -0.25) is 19.1 Å². The van der Waals surface area contributed by atoms with E-state index in [1.54, 1.807) is 6.92 Å². The quantitative estimate of drug-likeness (QED) is 0.244. The second-order valence-corrected chi connectivity index (χ2v) is 12.1. The number of hydrogen-bond donors (Lipinski definition) is 1. The molecule has 2 fully saturated rings. The Kier molecular flexibility index (Phi) is 9.38. The van der Waals surface area contributed by atoms with Crippen LogP contribution in [0.1, 0.15) is 97.2 Å². The van der Waals surface area contributed by atoms with E-state index in [1.165, 1.54) is 0 Å². The van der Waals surface area contributed by atoms with E-state index in [0.717, 1.165) is 60.0 Å². The minimum atomic E-state index is -4.95. The summed E-state index contributed by atoms with van der Waals surface area (Å²) in [5, 5.41) is 12.9. The molecule has 0 saturated heterocycles. The Balaban J connectivity index is 1.67. The van der Waals surface area contributed by atoms with Gasteiger partial charge in [0.15, 0.2) is 11.5 Å². The average molecular weight is 620 g/mol. The first-order valence-corrected chi connectivity index (χ1v) is 14.3. The first-order valence-electron chi connectivity index (χ1n) is 13.6. The summed E-state index contributed by atoms with van der Waals surface area (Å²) in [6, 6.07) is 1.06. The van der Waals surface area contributed by atoms with Gasteiger partial charge in [0.25, 0.3) is 5.91 Å². The molecule has 1 aromatic heterocycles. The number of nitrogens with zero attached hydrogens (tertiary/aromatic N) is 3. The third-order valence-electron chi connectivity index (χ3n) is 8.33. The number of rotatable bonds is 8. The van der Waals surface area contributed by atoms with E-state index < -0.39 is 58.9 Å². The molecule has 2 aliphatic rings. The van der Waals surface area contributed by atoms with Crippen molar-refractivity contribution in [3.8, 4) is 0 Å². The number of amides is 1. The molecule has 2 aromatic rings. The molecule has 13 heteroatoms. The standard InChI is InChI=1S/C28H31Cl2F4N3O4/c1-27(26(40)41)9-7-18(8-10-27)37-24(28(32,33)34)19(13-35-37)25(39)36(14-16-5-3-2-4-6-16)15-22(38)23-20(29)11-17(31)12-21(23)30/h11-13,16,18H,2-10,14-15H2,1H3,(H,40,41)/t18-,27-. The van der Waals surface area contributed by atoms with E-state index in [9.17, 15) is 37.1 Å². The number of benzene rings is 1. The fraction of sp³-hybridized carbons (Fsp3) is 0.571. The molecule has 0 atom stereocenters. The number of carbonyl (C=O) groups is 3. The van der Waals surface area contributed by atoms with Crippen molar-refractivity contribution in [2.24, 2.45) is 11.3 Å². The maximum absolute atomic E-state index is 14.5. The lowest BCUT2D eigenvalue weighted by atomic mass is 9.74. The molecular formula is C28H31Cl2F4N3O4. The largest absolute Gasteiger partial charge is 0.481 e. The second-order valence-electron chi connectivity index (χ2n) is 11.3. The first kappa shape index (κ1) is 31.3. The number of halogens is 6. The van der Waals surface area contributed by atoms with Crippen molar-refractivity contribution in [1.82, 2.24) is 14.7 Å². The highest BCUT2D eigenvalue weighted by Gasteiger charge is 2.45. The van der Waals surface area contributed by atoms with Crippen LogP contribution in [-0.2, 0) is 11.0 Å². The van der Waals surface area contributed by atoms with Gasteiger partial charge in [0, 0.05) is 6.54 Å². The van der Waals surface area contributed by atoms with Gasteiger partial charge in [0.1, 0.15) is 5.82 Å². The lowest BCUT2D eigenvalue weighted by Gasteiger charge is -2.34. The zero-order chi connectivity index (χ0) is 30.1. The van der Waals surface area contributed by atoms with Crippen LogP contribution in [0.5, 0.6) is 0 Å². The fourth-order valence-corrected chi connectivity index (χ4v) is 6.58. The molecule has 0 spiro atoms. The minimum Gasteiger partial charge on any atom is -0.481 e. The zero-order valence-corrected chi connectivity index (χ0v) is 24.0. The van der Waals surface area contributed by atoms with Gasteiger partial charge in [0.05, 0.1) is 45.4 Å². The number of aromatic nitrogens is 2. The summed E-state index contributed by atoms with van der Waals surface area (Å²) in [6.07, 6.45) is 0.864. The van der Waals surface area contributed by atoms with E-state index in [0.29, 0.717) is 0 Å². The predicted molar refractivity (Wildman–Crippen MR) is 144 cm³/mol. The molecule has 0 aliphatic heterocycles. The van der Waals surface area contributed by atoms with Crippen LogP contribution in [0.15, 0.2) is 18.3 Å². The van der Waals surface area contributed by atoms with E-state index >= 15 is 0 Å². The van der Waals surface area contributed by atoms with Crippen LogP contribution in [0.4, 0.5) is 17.6 Å². The number of alkyl halides is 3. The van der Waals surface area contributed by atoms with Crippen molar-refractivity contribution in [2.45, 2.75) is 76.9 Å². The molecule has 41 heavy (non-hydrogen) atoms. The summed E-state index contributed by atoms with van der Waals surface area (Å²) in [7, 11) is 0. The summed E-state index contributed by atoms with van der Waals surface area (Å²) in [5.74, 6) is -3.53. The summed E-state index contributed by atoms with van der Waals surface area (Å²) in [4.78, 5) is 39.7. The number of carboxylic acid groups (broad SMARTS) is 1. The molecule has 1 N–H and O–H groups in total. The Hall–Kier alpha value is -2.66. The summed E-state index contributed by atoms with van der Waals surface area (Å²) in [5.41, 5.74) is -3.18. The maximum atomic E-state index is 14.5. The van der Waals surface area contributed by atoms with Gasteiger partial charge in [-0.2, -0.15) is 18.3 Å². The highest BCUT2D eigenvalue weighted by Crippen LogP contribution is 2.43. The van der Waals surface area contributed by atoms with E-state index in [1.807, 2.05) is 0 Å². The van der Waals surface area contributed by atoms with Crippen LogP contribution in [-0.4, -0.2) is 50.5 Å². The number of carbonyl (C=O) groups excluding carboxylic acids is 2. The fourth-order valence-electron chi connectivity index (χ4n) is 5.91. The van der Waals surface area contributed by atoms with Crippen LogP contribution in [0.2, 0.25) is 10.0 Å². The monoisotopic (exact) mass is 619 g/mol. The highest BCUT2D eigenvalue weighted by atomic mass is 35.5. The number of aliphatic carboxylic acids is 1. The number of hydrogen-bond acceptors (Lipinski definition) is 4. The van der Waals surface area contributed by atoms with Crippen LogP contribution in [0, 0.1) is 17.2 Å². The van der Waals surface area contributed by atoms with Crippen LogP contribution in [0.3, 0.4) is 0 Å². The molecule has 2 aliphatic carbocycles. The third kappa shape index (κ3) is 6.88. The van der Waals surface area contributed by atoms with Crippen LogP contribution in [0.25, 0.3) is 0 Å². The van der Waals surface area contributed by atoms with Crippen molar-refractivity contribution in [3.63, 3.8) is 0 Å². The van der Waals surface area contributed by atoms with Gasteiger partial charge in [-0.05, 0) is 63.5 Å². The van der Waals surface area contributed by atoms with Crippen LogP contribution >= 0.6 is 23.2 Å². The highest BCUT2D eigenvalue weighted by molar-refractivity contribution is 6.40. The molecule has 4 rings (SSSR count). The van der Waals surface area contributed by atoms with E-state index in [-0.39, 0.29) is 53.8 Å². The molecule has 7 nitrogen and oxygen atoms in total. The summed E-state index contributed by atoms with van der Waals surface area (Å²) < 4.78 is 57.9. The van der Waals surface area contributed by atoms with Crippen LogP contribution < -0.4 is 0 Å². The molecule has 0 radical (unpaired) electrons. The van der Waals surface area contributed by atoms with Gasteiger partial charge < -0.3 is 10.0 Å². The minimum absolute atomic E-state index is 0.0175. The molecule has 1 amide bonds. The van der Waals surface area contributed by atoms with E-state index in [4.69, 9.17) is 23.2 Å². The topological polar surface area (TPSA) is 92.5 Å². The average Bonchev–Trinajstić information content (AvgIpc) is 3.34. The Labute approximate surface area is 244 Å². The zero-order valence-electron chi connectivity index (χ0n) is 22.4. The molecule has 0 bridgehead atoms. The number of ketones is 1. The maximum Gasteiger partial charge on any atom is 0.433 e. The normalized spacial score (nSPS) is 22.0. The summed E-state index contributed by atoms with van der Waals surface area (Å²) in [6.45, 7) is 1.00. The second kappa shape index (κ2) is 12.3. The Morgan fingerprint density at radius 3 is 2.20 bits per heavy atom. The van der Waals surface area contributed by atoms with Crippen molar-refractivity contribution in [2.75, 3.05) is 13.1 Å². The smallest absolute Gasteiger partial charge is 0.433 e. The molecule has 224 valence electrons. The van der Waals surface area contributed by atoms with Gasteiger partial charge in [-0.1, -0.05) is 42.5 Å².